The molecule has 0 aliphatic carbocycles. The van der Waals surface area contributed by atoms with Crippen LogP contribution in [0.2, 0.25) is 0 Å². The summed E-state index contributed by atoms with van der Waals surface area (Å²) in [5.74, 6) is 0.459. The molecule has 1 aromatic rings. The molecule has 92 valence electrons. The van der Waals surface area contributed by atoms with Crippen molar-refractivity contribution in [2.75, 3.05) is 20.2 Å². The highest BCUT2D eigenvalue weighted by atomic mass is 32.1. The zero-order chi connectivity index (χ0) is 12.4. The molecule has 0 saturated carbocycles. The van der Waals surface area contributed by atoms with E-state index in [4.69, 9.17) is 4.74 Å². The second-order valence-electron chi connectivity index (χ2n) is 3.82. The molecule has 1 saturated heterocycles. The van der Waals surface area contributed by atoms with Crippen LogP contribution in [0, 0.1) is 0 Å². The average molecular weight is 254 g/mol. The Kier molecular flexibility index (Phi) is 3.33. The summed E-state index contributed by atoms with van der Waals surface area (Å²) in [6, 6.07) is 1.29. The van der Waals surface area contributed by atoms with Crippen LogP contribution in [-0.4, -0.2) is 43.0 Å². The first kappa shape index (κ1) is 11.9. The molecule has 1 aromatic heterocycles. The van der Waals surface area contributed by atoms with E-state index in [1.807, 2.05) is 0 Å². The predicted octanol–water partition coefficient (Wildman–Crippen LogP) is 0.717. The van der Waals surface area contributed by atoms with Crippen LogP contribution >= 0.6 is 11.3 Å². The van der Waals surface area contributed by atoms with Gasteiger partial charge in [-0.2, -0.15) is 0 Å². The normalized spacial score (nSPS) is 20.0. The Labute approximate surface area is 103 Å². The van der Waals surface area contributed by atoms with E-state index < -0.39 is 6.04 Å². The second-order valence-corrected chi connectivity index (χ2v) is 4.73. The van der Waals surface area contributed by atoms with Gasteiger partial charge in [-0.25, -0.2) is 0 Å². The van der Waals surface area contributed by atoms with E-state index in [0.29, 0.717) is 23.7 Å². The summed E-state index contributed by atoms with van der Waals surface area (Å²) in [6.07, 6.45) is 0. The van der Waals surface area contributed by atoms with Crippen LogP contribution in [0.5, 0.6) is 5.75 Å². The van der Waals surface area contributed by atoms with Gasteiger partial charge < -0.3 is 15.0 Å². The number of piperazine rings is 1. The van der Waals surface area contributed by atoms with Crippen molar-refractivity contribution in [3.8, 4) is 5.75 Å². The number of rotatable bonds is 2. The maximum absolute atomic E-state index is 12.2. The van der Waals surface area contributed by atoms with E-state index in [1.54, 1.807) is 30.4 Å². The molecular formula is C11H14N2O3S. The van der Waals surface area contributed by atoms with Crippen molar-refractivity contribution in [3.63, 3.8) is 0 Å². The van der Waals surface area contributed by atoms with Crippen molar-refractivity contribution in [1.82, 2.24) is 10.2 Å². The third-order valence-electron chi connectivity index (χ3n) is 2.78. The number of hydrogen-bond donors (Lipinski definition) is 1. The molecule has 1 unspecified atom stereocenters. The molecule has 2 rings (SSSR count). The first-order chi connectivity index (χ1) is 8.13. The van der Waals surface area contributed by atoms with E-state index in [9.17, 15) is 9.59 Å². The number of nitrogens with one attached hydrogen (secondary N) is 1. The lowest BCUT2D eigenvalue weighted by molar-refractivity contribution is -0.127. The molecule has 0 radical (unpaired) electrons. The van der Waals surface area contributed by atoms with Gasteiger partial charge in [0.15, 0.2) is 0 Å². The lowest BCUT2D eigenvalue weighted by Gasteiger charge is -2.32. The standard InChI is InChI=1S/C11H14N2O3S/c1-7-10(14)12-3-4-13(7)11(15)9-5-8(16-2)6-17-9/h5-7H,3-4H2,1-2H3,(H,12,14). The summed E-state index contributed by atoms with van der Waals surface area (Å²) in [5, 5.41) is 4.51. The molecule has 2 amide bonds. The summed E-state index contributed by atoms with van der Waals surface area (Å²) >= 11 is 1.33. The zero-order valence-corrected chi connectivity index (χ0v) is 10.5. The Morgan fingerprint density at radius 2 is 2.41 bits per heavy atom. The van der Waals surface area contributed by atoms with E-state index >= 15 is 0 Å². The van der Waals surface area contributed by atoms with Gasteiger partial charge in [0.2, 0.25) is 5.91 Å². The van der Waals surface area contributed by atoms with Crippen LogP contribution in [0.3, 0.4) is 0 Å². The Morgan fingerprint density at radius 1 is 1.65 bits per heavy atom. The van der Waals surface area contributed by atoms with Crippen molar-refractivity contribution in [3.05, 3.63) is 16.3 Å². The fourth-order valence-electron chi connectivity index (χ4n) is 1.74. The van der Waals surface area contributed by atoms with Crippen molar-refractivity contribution < 1.29 is 14.3 Å². The molecule has 1 aliphatic rings. The lowest BCUT2D eigenvalue weighted by Crippen LogP contribution is -2.55. The van der Waals surface area contributed by atoms with Crippen LogP contribution in [0.4, 0.5) is 0 Å². The van der Waals surface area contributed by atoms with Gasteiger partial charge in [0.25, 0.3) is 5.91 Å². The minimum absolute atomic E-state index is 0.104. The van der Waals surface area contributed by atoms with E-state index in [2.05, 4.69) is 5.32 Å². The summed E-state index contributed by atoms with van der Waals surface area (Å²) in [6.45, 7) is 2.79. The van der Waals surface area contributed by atoms with Crippen molar-refractivity contribution in [2.24, 2.45) is 0 Å². The van der Waals surface area contributed by atoms with E-state index in [-0.39, 0.29) is 11.8 Å². The van der Waals surface area contributed by atoms with Gasteiger partial charge in [-0.3, -0.25) is 9.59 Å². The third-order valence-corrected chi connectivity index (χ3v) is 3.68. The van der Waals surface area contributed by atoms with E-state index in [1.165, 1.54) is 11.3 Å². The first-order valence-corrected chi connectivity index (χ1v) is 6.22. The molecule has 1 aliphatic heterocycles. The quantitative estimate of drug-likeness (QED) is 0.846. The first-order valence-electron chi connectivity index (χ1n) is 5.34. The fraction of sp³-hybridized carbons (Fsp3) is 0.455. The number of hydrogen-bond acceptors (Lipinski definition) is 4. The van der Waals surface area contributed by atoms with Crippen LogP contribution in [0.15, 0.2) is 11.4 Å². The van der Waals surface area contributed by atoms with Gasteiger partial charge >= 0.3 is 0 Å². The van der Waals surface area contributed by atoms with Gasteiger partial charge in [-0.05, 0) is 6.92 Å². The molecule has 1 atom stereocenters. The van der Waals surface area contributed by atoms with Gasteiger partial charge in [0, 0.05) is 24.5 Å². The van der Waals surface area contributed by atoms with Crippen molar-refractivity contribution in [1.29, 1.82) is 0 Å². The molecule has 1 N–H and O–H groups in total. The third kappa shape index (κ3) is 2.26. The molecule has 5 nitrogen and oxygen atoms in total. The highest BCUT2D eigenvalue weighted by Gasteiger charge is 2.30. The van der Waals surface area contributed by atoms with E-state index in [0.717, 1.165) is 0 Å². The van der Waals surface area contributed by atoms with Crippen LogP contribution in [0.1, 0.15) is 16.6 Å². The number of nitrogens with zero attached hydrogens (tertiary/aromatic N) is 1. The number of amides is 2. The number of thiophene rings is 1. The second kappa shape index (κ2) is 4.75. The monoisotopic (exact) mass is 254 g/mol. The Hall–Kier alpha value is -1.56. The molecular weight excluding hydrogens is 240 g/mol. The smallest absolute Gasteiger partial charge is 0.264 e. The molecule has 2 heterocycles. The molecule has 0 bridgehead atoms. The Balaban J connectivity index is 2.16. The Morgan fingerprint density at radius 3 is 3.06 bits per heavy atom. The number of methoxy groups -OCH3 is 1. The Bertz CT molecular complexity index is 444. The van der Waals surface area contributed by atoms with Crippen molar-refractivity contribution in [2.45, 2.75) is 13.0 Å². The maximum Gasteiger partial charge on any atom is 0.264 e. The SMILES string of the molecule is COc1csc(C(=O)N2CCNC(=O)C2C)c1. The fourth-order valence-corrected chi connectivity index (χ4v) is 2.55. The largest absolute Gasteiger partial charge is 0.496 e. The summed E-state index contributed by atoms with van der Waals surface area (Å²) in [7, 11) is 1.56. The zero-order valence-electron chi connectivity index (χ0n) is 9.73. The topological polar surface area (TPSA) is 58.6 Å². The maximum atomic E-state index is 12.2. The van der Waals surface area contributed by atoms with Crippen LogP contribution < -0.4 is 10.1 Å². The van der Waals surface area contributed by atoms with Crippen LogP contribution in [-0.2, 0) is 4.79 Å². The minimum atomic E-state index is -0.413. The molecule has 1 fully saturated rings. The van der Waals surface area contributed by atoms with Crippen molar-refractivity contribution >= 4 is 23.2 Å². The van der Waals surface area contributed by atoms with Gasteiger partial charge in [-0.15, -0.1) is 11.3 Å². The minimum Gasteiger partial charge on any atom is -0.496 e. The summed E-state index contributed by atoms with van der Waals surface area (Å²) < 4.78 is 5.04. The molecule has 17 heavy (non-hydrogen) atoms. The molecule has 0 spiro atoms. The van der Waals surface area contributed by atoms with Crippen LogP contribution in [0.25, 0.3) is 0 Å². The number of ether oxygens (including phenoxy) is 1. The predicted molar refractivity (Wildman–Crippen MR) is 64.4 cm³/mol. The van der Waals surface area contributed by atoms with Gasteiger partial charge in [0.1, 0.15) is 11.8 Å². The number of carbonyl (C=O) groups is 2. The highest BCUT2D eigenvalue weighted by Crippen LogP contribution is 2.23. The molecule has 6 heteroatoms. The lowest BCUT2D eigenvalue weighted by atomic mass is 10.2. The highest BCUT2D eigenvalue weighted by molar-refractivity contribution is 7.12. The summed E-state index contributed by atoms with van der Waals surface area (Å²) in [5.41, 5.74) is 0. The average Bonchev–Trinajstić information content (AvgIpc) is 2.80. The van der Waals surface area contributed by atoms with Gasteiger partial charge in [-0.1, -0.05) is 0 Å². The summed E-state index contributed by atoms with van der Waals surface area (Å²) in [4.78, 5) is 25.8. The number of carbonyl (C=O) groups excluding carboxylic acids is 2. The van der Waals surface area contributed by atoms with Gasteiger partial charge in [0.05, 0.1) is 12.0 Å². The molecule has 0 aromatic carbocycles.